The van der Waals surface area contributed by atoms with Crippen molar-refractivity contribution in [1.29, 1.82) is 0 Å². The highest BCUT2D eigenvalue weighted by Crippen LogP contribution is 2.29. The van der Waals surface area contributed by atoms with E-state index in [0.717, 1.165) is 42.7 Å². The second kappa shape index (κ2) is 13.5. The Bertz CT molecular complexity index is 868. The summed E-state index contributed by atoms with van der Waals surface area (Å²) in [6.45, 7) is 2.69. The van der Waals surface area contributed by atoms with Gasteiger partial charge in [0.1, 0.15) is 0 Å². The third-order valence-electron chi connectivity index (χ3n) is 5.05. The van der Waals surface area contributed by atoms with Crippen molar-refractivity contribution in [3.8, 4) is 11.5 Å². The fourth-order valence-corrected chi connectivity index (χ4v) is 3.41. The Balaban J connectivity index is 1.52. The van der Waals surface area contributed by atoms with E-state index in [4.69, 9.17) is 14.6 Å². The molecule has 31 heavy (non-hydrogen) atoms. The van der Waals surface area contributed by atoms with Crippen LogP contribution in [0.15, 0.2) is 78.9 Å². The summed E-state index contributed by atoms with van der Waals surface area (Å²) in [5, 5.41) is 12.2. The lowest BCUT2D eigenvalue weighted by molar-refractivity contribution is 0.263. The van der Waals surface area contributed by atoms with Crippen LogP contribution in [0, 0.1) is 0 Å². The highest BCUT2D eigenvalue weighted by Gasteiger charge is 2.08. The Kier molecular flexibility index (Phi) is 9.94. The second-order valence-corrected chi connectivity index (χ2v) is 7.56. The number of hydrogen-bond donors (Lipinski definition) is 2. The molecule has 0 amide bonds. The number of ether oxygens (including phenoxy) is 2. The lowest BCUT2D eigenvalue weighted by Crippen LogP contribution is -2.17. The van der Waals surface area contributed by atoms with Gasteiger partial charge >= 0.3 is 0 Å². The molecule has 0 aliphatic carbocycles. The van der Waals surface area contributed by atoms with Crippen LogP contribution in [0.25, 0.3) is 0 Å². The maximum atomic E-state index is 8.98. The summed E-state index contributed by atoms with van der Waals surface area (Å²) in [4.78, 5) is 0. The van der Waals surface area contributed by atoms with E-state index < -0.39 is 0 Å². The molecule has 0 fully saturated rings. The lowest BCUT2D eigenvalue weighted by atomic mass is 10.1. The molecular formula is C27H33NO3. The third-order valence-corrected chi connectivity index (χ3v) is 5.05. The first kappa shape index (κ1) is 22.9. The van der Waals surface area contributed by atoms with E-state index in [2.05, 4.69) is 53.8 Å². The van der Waals surface area contributed by atoms with Crippen LogP contribution in [-0.2, 0) is 19.4 Å². The third kappa shape index (κ3) is 8.44. The highest BCUT2D eigenvalue weighted by molar-refractivity contribution is 5.43. The van der Waals surface area contributed by atoms with Gasteiger partial charge in [-0.15, -0.1) is 0 Å². The molecule has 4 heteroatoms. The molecule has 3 aromatic carbocycles. The molecular weight excluding hydrogens is 386 g/mol. The Hall–Kier alpha value is -2.82. The minimum absolute atomic E-state index is 0.130. The van der Waals surface area contributed by atoms with E-state index in [0.29, 0.717) is 26.3 Å². The van der Waals surface area contributed by atoms with Crippen LogP contribution in [0.5, 0.6) is 11.5 Å². The van der Waals surface area contributed by atoms with Gasteiger partial charge in [-0.3, -0.25) is 0 Å². The average molecular weight is 420 g/mol. The van der Waals surface area contributed by atoms with E-state index in [-0.39, 0.29) is 6.61 Å². The van der Waals surface area contributed by atoms with E-state index in [1.165, 1.54) is 11.1 Å². The Morgan fingerprint density at radius 3 is 1.81 bits per heavy atom. The molecule has 0 bridgehead atoms. The molecule has 164 valence electrons. The Morgan fingerprint density at radius 2 is 1.23 bits per heavy atom. The quantitative estimate of drug-likeness (QED) is 0.369. The van der Waals surface area contributed by atoms with Gasteiger partial charge in [-0.1, -0.05) is 66.7 Å². The lowest BCUT2D eigenvalue weighted by Gasteiger charge is -2.15. The van der Waals surface area contributed by atoms with Crippen molar-refractivity contribution in [2.24, 2.45) is 0 Å². The van der Waals surface area contributed by atoms with Crippen molar-refractivity contribution in [3.05, 3.63) is 95.6 Å². The molecule has 3 rings (SSSR count). The largest absolute Gasteiger partial charge is 0.490 e. The number of aryl methyl sites for hydroxylation is 2. The average Bonchev–Trinajstić information content (AvgIpc) is 2.82. The van der Waals surface area contributed by atoms with Crippen molar-refractivity contribution < 1.29 is 14.6 Å². The predicted molar refractivity (Wildman–Crippen MR) is 126 cm³/mol. The monoisotopic (exact) mass is 419 g/mol. The first-order chi connectivity index (χ1) is 15.3. The van der Waals surface area contributed by atoms with Gasteiger partial charge in [0.05, 0.1) is 19.8 Å². The van der Waals surface area contributed by atoms with Crippen molar-refractivity contribution in [2.45, 2.75) is 32.2 Å². The molecule has 0 radical (unpaired) electrons. The SMILES string of the molecule is OCCNCc1ccc(OCCCc2ccccc2)c(OCCCc2ccccc2)c1. The predicted octanol–water partition coefficient (Wildman–Crippen LogP) is 4.79. The van der Waals surface area contributed by atoms with Crippen LogP contribution >= 0.6 is 0 Å². The van der Waals surface area contributed by atoms with Crippen molar-refractivity contribution in [1.82, 2.24) is 5.32 Å². The molecule has 0 saturated carbocycles. The standard InChI is InChI=1S/C27H33NO3/c29-18-17-28-22-25-15-16-26(30-19-7-13-23-9-3-1-4-10-23)27(21-25)31-20-8-14-24-11-5-2-6-12-24/h1-6,9-12,15-16,21,28-29H,7-8,13-14,17-20,22H2. The maximum Gasteiger partial charge on any atom is 0.161 e. The molecule has 0 saturated heterocycles. The minimum Gasteiger partial charge on any atom is -0.490 e. The van der Waals surface area contributed by atoms with E-state index in [1.54, 1.807) is 0 Å². The van der Waals surface area contributed by atoms with Gasteiger partial charge in [0.25, 0.3) is 0 Å². The summed E-state index contributed by atoms with van der Waals surface area (Å²) in [6, 6.07) is 27.0. The summed E-state index contributed by atoms with van der Waals surface area (Å²) in [5.41, 5.74) is 3.77. The van der Waals surface area contributed by atoms with Gasteiger partial charge in [0, 0.05) is 13.1 Å². The first-order valence-corrected chi connectivity index (χ1v) is 11.1. The molecule has 0 unspecified atom stereocenters. The van der Waals surface area contributed by atoms with Crippen LogP contribution in [0.4, 0.5) is 0 Å². The van der Waals surface area contributed by atoms with Gasteiger partial charge in [0.2, 0.25) is 0 Å². The maximum absolute atomic E-state index is 8.98. The first-order valence-electron chi connectivity index (χ1n) is 11.1. The van der Waals surface area contributed by atoms with Gasteiger partial charge in [-0.05, 0) is 54.5 Å². The molecule has 3 aromatic rings. The zero-order valence-electron chi connectivity index (χ0n) is 18.1. The number of hydrogen-bond acceptors (Lipinski definition) is 4. The van der Waals surface area contributed by atoms with Crippen LogP contribution in [0.2, 0.25) is 0 Å². The van der Waals surface area contributed by atoms with Crippen LogP contribution in [0.1, 0.15) is 29.5 Å². The summed E-state index contributed by atoms with van der Waals surface area (Å²) < 4.78 is 12.2. The summed E-state index contributed by atoms with van der Waals surface area (Å²) >= 11 is 0. The van der Waals surface area contributed by atoms with Crippen molar-refractivity contribution >= 4 is 0 Å². The summed E-state index contributed by atoms with van der Waals surface area (Å²) in [5.74, 6) is 1.58. The highest BCUT2D eigenvalue weighted by atomic mass is 16.5. The summed E-state index contributed by atoms with van der Waals surface area (Å²) in [6.07, 6.45) is 3.89. The molecule has 0 heterocycles. The topological polar surface area (TPSA) is 50.7 Å². The van der Waals surface area contributed by atoms with E-state index in [1.807, 2.05) is 30.3 Å². The van der Waals surface area contributed by atoms with Crippen molar-refractivity contribution in [3.63, 3.8) is 0 Å². The fourth-order valence-electron chi connectivity index (χ4n) is 3.41. The molecule has 0 aliphatic heterocycles. The number of nitrogens with one attached hydrogen (secondary N) is 1. The molecule has 4 nitrogen and oxygen atoms in total. The van der Waals surface area contributed by atoms with Gasteiger partial charge in [-0.25, -0.2) is 0 Å². The zero-order chi connectivity index (χ0) is 21.6. The van der Waals surface area contributed by atoms with Crippen LogP contribution in [0.3, 0.4) is 0 Å². The van der Waals surface area contributed by atoms with E-state index >= 15 is 0 Å². The van der Waals surface area contributed by atoms with E-state index in [9.17, 15) is 0 Å². The van der Waals surface area contributed by atoms with Crippen LogP contribution in [-0.4, -0.2) is 31.5 Å². The Labute approximate surface area is 185 Å². The zero-order valence-corrected chi connectivity index (χ0v) is 18.1. The second-order valence-electron chi connectivity index (χ2n) is 7.56. The molecule has 0 spiro atoms. The summed E-state index contributed by atoms with van der Waals surface area (Å²) in [7, 11) is 0. The number of rotatable bonds is 14. The number of benzene rings is 3. The molecule has 2 N–H and O–H groups in total. The molecule has 0 atom stereocenters. The van der Waals surface area contributed by atoms with Crippen molar-refractivity contribution in [2.75, 3.05) is 26.4 Å². The van der Waals surface area contributed by atoms with Gasteiger partial charge in [-0.2, -0.15) is 0 Å². The van der Waals surface area contributed by atoms with Gasteiger partial charge < -0.3 is 19.9 Å². The smallest absolute Gasteiger partial charge is 0.161 e. The Morgan fingerprint density at radius 1 is 0.645 bits per heavy atom. The van der Waals surface area contributed by atoms with Crippen LogP contribution < -0.4 is 14.8 Å². The number of aliphatic hydroxyl groups excluding tert-OH is 1. The normalized spacial score (nSPS) is 10.7. The van der Waals surface area contributed by atoms with Gasteiger partial charge in [0.15, 0.2) is 11.5 Å². The molecule has 0 aromatic heterocycles. The molecule has 0 aliphatic rings. The minimum atomic E-state index is 0.130. The fraction of sp³-hybridized carbons (Fsp3) is 0.333. The number of aliphatic hydroxyl groups is 1.